The molecule has 0 aromatic heterocycles. The fraction of sp³-hybridized carbons (Fsp3) is 0.588. The van der Waals surface area contributed by atoms with E-state index in [1.807, 2.05) is 25.2 Å². The minimum atomic E-state index is 0.591. The van der Waals surface area contributed by atoms with E-state index < -0.39 is 0 Å². The van der Waals surface area contributed by atoms with Gasteiger partial charge in [0, 0.05) is 20.1 Å². The van der Waals surface area contributed by atoms with Crippen molar-refractivity contribution in [3.8, 4) is 5.75 Å². The van der Waals surface area contributed by atoms with Crippen LogP contribution in [0.2, 0.25) is 0 Å². The average molecular weight is 287 g/mol. The van der Waals surface area contributed by atoms with Crippen LogP contribution in [-0.4, -0.2) is 26.7 Å². The van der Waals surface area contributed by atoms with Crippen LogP contribution in [0.25, 0.3) is 0 Å². The lowest BCUT2D eigenvalue weighted by Gasteiger charge is -2.18. The van der Waals surface area contributed by atoms with Crippen molar-refractivity contribution in [2.75, 3.05) is 20.7 Å². The summed E-state index contributed by atoms with van der Waals surface area (Å²) in [4.78, 5) is 4.32. The molecule has 2 N–H and O–H groups in total. The van der Waals surface area contributed by atoms with Crippen molar-refractivity contribution in [2.45, 2.75) is 32.2 Å². The van der Waals surface area contributed by atoms with E-state index in [-0.39, 0.29) is 0 Å². The molecule has 2 aliphatic rings. The van der Waals surface area contributed by atoms with Crippen molar-refractivity contribution in [3.05, 3.63) is 29.8 Å². The van der Waals surface area contributed by atoms with Gasteiger partial charge in [-0.1, -0.05) is 12.1 Å². The number of methoxy groups -OCH3 is 1. The number of guanidine groups is 1. The minimum absolute atomic E-state index is 0.591. The van der Waals surface area contributed by atoms with Crippen molar-refractivity contribution in [1.82, 2.24) is 10.6 Å². The van der Waals surface area contributed by atoms with E-state index in [1.54, 1.807) is 7.11 Å². The Labute approximate surface area is 127 Å². The number of nitrogens with zero attached hydrogens (tertiary/aromatic N) is 1. The lowest BCUT2D eigenvalue weighted by molar-refractivity contribution is 0.414. The lowest BCUT2D eigenvalue weighted by Crippen LogP contribution is -2.40. The summed E-state index contributed by atoms with van der Waals surface area (Å²) < 4.78 is 5.25. The van der Waals surface area contributed by atoms with Crippen molar-refractivity contribution in [1.29, 1.82) is 0 Å². The molecule has 0 saturated heterocycles. The summed E-state index contributed by atoms with van der Waals surface area (Å²) in [6.07, 6.45) is 5.63. The molecular formula is C17H25N3O. The number of hydrogen-bond donors (Lipinski definition) is 2. The third-order valence-electron chi connectivity index (χ3n) is 4.76. The normalized spacial score (nSPS) is 20.0. The smallest absolute Gasteiger partial charge is 0.191 e. The van der Waals surface area contributed by atoms with Crippen LogP contribution in [0, 0.1) is 11.3 Å². The van der Waals surface area contributed by atoms with E-state index in [4.69, 9.17) is 4.74 Å². The molecule has 0 amide bonds. The lowest BCUT2D eigenvalue weighted by atomic mass is 10.0. The average Bonchev–Trinajstić information content (AvgIpc) is 3.39. The predicted molar refractivity (Wildman–Crippen MR) is 85.6 cm³/mol. The van der Waals surface area contributed by atoms with Gasteiger partial charge in [0.25, 0.3) is 0 Å². The molecule has 2 fully saturated rings. The maximum absolute atomic E-state index is 5.25. The number of aliphatic imine (C=N–C) groups is 1. The SMILES string of the molecule is CN=C(NCc1cccc(OC)c1)NCC1(C2CC2)CC1. The Bertz CT molecular complexity index is 519. The van der Waals surface area contributed by atoms with Gasteiger partial charge in [-0.25, -0.2) is 0 Å². The number of rotatable bonds is 6. The molecule has 0 radical (unpaired) electrons. The Hall–Kier alpha value is -1.71. The maximum Gasteiger partial charge on any atom is 0.191 e. The highest BCUT2D eigenvalue weighted by Crippen LogP contribution is 2.60. The van der Waals surface area contributed by atoms with Gasteiger partial charge in [0.1, 0.15) is 5.75 Å². The van der Waals surface area contributed by atoms with Gasteiger partial charge in [0.15, 0.2) is 5.96 Å². The quantitative estimate of drug-likeness (QED) is 0.624. The van der Waals surface area contributed by atoms with Crippen LogP contribution >= 0.6 is 0 Å². The van der Waals surface area contributed by atoms with E-state index in [2.05, 4.69) is 21.7 Å². The van der Waals surface area contributed by atoms with Gasteiger partial charge < -0.3 is 15.4 Å². The Balaban J connectivity index is 1.48. The van der Waals surface area contributed by atoms with Crippen LogP contribution in [0.1, 0.15) is 31.2 Å². The fourth-order valence-electron chi connectivity index (χ4n) is 3.03. The van der Waals surface area contributed by atoms with E-state index in [0.717, 1.165) is 30.7 Å². The molecule has 3 rings (SSSR count). The Morgan fingerprint density at radius 1 is 1.33 bits per heavy atom. The van der Waals surface area contributed by atoms with Crippen LogP contribution in [-0.2, 0) is 6.54 Å². The second kappa shape index (κ2) is 5.96. The van der Waals surface area contributed by atoms with Gasteiger partial charge in [0.05, 0.1) is 7.11 Å². The number of hydrogen-bond acceptors (Lipinski definition) is 2. The van der Waals surface area contributed by atoms with E-state index in [0.29, 0.717) is 5.41 Å². The zero-order valence-corrected chi connectivity index (χ0v) is 13.0. The van der Waals surface area contributed by atoms with E-state index in [9.17, 15) is 0 Å². The largest absolute Gasteiger partial charge is 0.497 e. The predicted octanol–water partition coefficient (Wildman–Crippen LogP) is 2.55. The third-order valence-corrected chi connectivity index (χ3v) is 4.76. The first-order chi connectivity index (χ1) is 10.3. The van der Waals surface area contributed by atoms with Crippen LogP contribution in [0.5, 0.6) is 5.75 Å². The van der Waals surface area contributed by atoms with Crippen LogP contribution < -0.4 is 15.4 Å². The zero-order valence-electron chi connectivity index (χ0n) is 13.0. The van der Waals surface area contributed by atoms with Gasteiger partial charge in [0.2, 0.25) is 0 Å². The molecule has 0 aliphatic heterocycles. The van der Waals surface area contributed by atoms with Crippen molar-refractivity contribution < 1.29 is 4.74 Å². The summed E-state index contributed by atoms with van der Waals surface area (Å²) in [5, 5.41) is 6.88. The number of nitrogens with one attached hydrogen (secondary N) is 2. The van der Waals surface area contributed by atoms with Crippen LogP contribution in [0.4, 0.5) is 0 Å². The molecule has 2 saturated carbocycles. The Morgan fingerprint density at radius 2 is 2.14 bits per heavy atom. The molecule has 4 heteroatoms. The molecule has 0 bridgehead atoms. The van der Waals surface area contributed by atoms with Crippen molar-refractivity contribution >= 4 is 5.96 Å². The van der Waals surface area contributed by atoms with Crippen LogP contribution in [0.15, 0.2) is 29.3 Å². The molecule has 0 unspecified atom stereocenters. The molecular weight excluding hydrogens is 262 g/mol. The van der Waals surface area contributed by atoms with E-state index in [1.165, 1.54) is 31.2 Å². The fourth-order valence-corrected chi connectivity index (χ4v) is 3.03. The van der Waals surface area contributed by atoms with Crippen LogP contribution in [0.3, 0.4) is 0 Å². The second-order valence-electron chi connectivity index (χ2n) is 6.27. The molecule has 0 heterocycles. The molecule has 2 aliphatic carbocycles. The summed E-state index contributed by atoms with van der Waals surface area (Å²) in [5.41, 5.74) is 1.79. The van der Waals surface area contributed by atoms with Gasteiger partial charge in [-0.15, -0.1) is 0 Å². The van der Waals surface area contributed by atoms with Gasteiger partial charge in [-0.2, -0.15) is 0 Å². The maximum atomic E-state index is 5.25. The number of benzene rings is 1. The summed E-state index contributed by atoms with van der Waals surface area (Å²) in [6, 6.07) is 8.11. The topological polar surface area (TPSA) is 45.7 Å². The Morgan fingerprint density at radius 3 is 2.76 bits per heavy atom. The van der Waals surface area contributed by atoms with Gasteiger partial charge in [-0.05, 0) is 54.7 Å². The standard InChI is InChI=1S/C17H25N3O/c1-18-16(20-12-17(8-9-17)14-6-7-14)19-11-13-4-3-5-15(10-13)21-2/h3-5,10,14H,6-9,11-12H2,1-2H3,(H2,18,19,20). The first-order valence-electron chi connectivity index (χ1n) is 7.83. The van der Waals surface area contributed by atoms with Gasteiger partial charge >= 0.3 is 0 Å². The number of ether oxygens (including phenoxy) is 1. The molecule has 1 aromatic rings. The molecule has 21 heavy (non-hydrogen) atoms. The van der Waals surface area contributed by atoms with E-state index >= 15 is 0 Å². The summed E-state index contributed by atoms with van der Waals surface area (Å²) in [6.45, 7) is 1.82. The molecule has 0 spiro atoms. The molecule has 1 aromatic carbocycles. The minimum Gasteiger partial charge on any atom is -0.497 e. The highest BCUT2D eigenvalue weighted by Gasteiger charge is 2.53. The summed E-state index contributed by atoms with van der Waals surface area (Å²) in [7, 11) is 3.53. The highest BCUT2D eigenvalue weighted by molar-refractivity contribution is 5.79. The highest BCUT2D eigenvalue weighted by atomic mass is 16.5. The first kappa shape index (κ1) is 14.2. The van der Waals surface area contributed by atoms with Gasteiger partial charge in [-0.3, -0.25) is 4.99 Å². The second-order valence-corrected chi connectivity index (χ2v) is 6.27. The van der Waals surface area contributed by atoms with Crippen molar-refractivity contribution in [3.63, 3.8) is 0 Å². The Kier molecular flexibility index (Phi) is 4.04. The zero-order chi connectivity index (χ0) is 14.7. The molecule has 0 atom stereocenters. The third kappa shape index (κ3) is 3.49. The summed E-state index contributed by atoms with van der Waals surface area (Å²) in [5.74, 6) is 2.76. The first-order valence-corrected chi connectivity index (χ1v) is 7.83. The monoisotopic (exact) mass is 287 g/mol. The molecule has 114 valence electrons. The molecule has 4 nitrogen and oxygen atoms in total. The van der Waals surface area contributed by atoms with Crippen molar-refractivity contribution in [2.24, 2.45) is 16.3 Å². The summed E-state index contributed by atoms with van der Waals surface area (Å²) >= 11 is 0.